The molecule has 0 aromatic carbocycles. The standard InChI is InChI=1S/C10H15BrN2/c1-13-7-9(4-2-3-5-12)6-10(11)8-13/h2,4,6-7H,3,5,8,12H2,1H3/b4-2+. The van der Waals surface area contributed by atoms with E-state index in [9.17, 15) is 0 Å². The van der Waals surface area contributed by atoms with Crippen LogP contribution in [0.2, 0.25) is 0 Å². The van der Waals surface area contributed by atoms with E-state index < -0.39 is 0 Å². The van der Waals surface area contributed by atoms with Crippen LogP contribution < -0.4 is 5.73 Å². The van der Waals surface area contributed by atoms with E-state index in [-0.39, 0.29) is 0 Å². The van der Waals surface area contributed by atoms with E-state index in [2.05, 4.69) is 52.3 Å². The van der Waals surface area contributed by atoms with Crippen molar-refractivity contribution < 1.29 is 0 Å². The molecule has 1 heterocycles. The highest BCUT2D eigenvalue weighted by Crippen LogP contribution is 2.17. The van der Waals surface area contributed by atoms with Gasteiger partial charge in [-0.05, 0) is 24.6 Å². The van der Waals surface area contributed by atoms with Gasteiger partial charge in [0.25, 0.3) is 0 Å². The van der Waals surface area contributed by atoms with Crippen molar-refractivity contribution in [1.29, 1.82) is 0 Å². The van der Waals surface area contributed by atoms with E-state index in [1.165, 1.54) is 10.1 Å². The molecule has 1 aliphatic heterocycles. The molecule has 2 N–H and O–H groups in total. The minimum Gasteiger partial charge on any atom is -0.375 e. The molecule has 0 radical (unpaired) electrons. The van der Waals surface area contributed by atoms with Crippen molar-refractivity contribution in [2.24, 2.45) is 5.73 Å². The summed E-state index contributed by atoms with van der Waals surface area (Å²) in [5.74, 6) is 0. The van der Waals surface area contributed by atoms with Gasteiger partial charge in [-0.2, -0.15) is 0 Å². The summed E-state index contributed by atoms with van der Waals surface area (Å²) in [4.78, 5) is 2.15. The van der Waals surface area contributed by atoms with Gasteiger partial charge in [0.1, 0.15) is 0 Å². The number of nitrogens with zero attached hydrogens (tertiary/aromatic N) is 1. The maximum absolute atomic E-state index is 5.39. The van der Waals surface area contributed by atoms with Gasteiger partial charge in [-0.15, -0.1) is 0 Å². The zero-order valence-corrected chi connectivity index (χ0v) is 9.42. The van der Waals surface area contributed by atoms with Crippen LogP contribution in [0.4, 0.5) is 0 Å². The Morgan fingerprint density at radius 1 is 1.69 bits per heavy atom. The Hall–Kier alpha value is -0.540. The van der Waals surface area contributed by atoms with E-state index in [1.54, 1.807) is 0 Å². The van der Waals surface area contributed by atoms with Gasteiger partial charge >= 0.3 is 0 Å². The molecule has 0 fully saturated rings. The van der Waals surface area contributed by atoms with Crippen molar-refractivity contribution >= 4 is 15.9 Å². The third-order valence-corrected chi connectivity index (χ3v) is 2.22. The monoisotopic (exact) mass is 242 g/mol. The van der Waals surface area contributed by atoms with Crippen LogP contribution in [0.1, 0.15) is 6.42 Å². The summed E-state index contributed by atoms with van der Waals surface area (Å²) in [6, 6.07) is 0. The van der Waals surface area contributed by atoms with E-state index in [0.29, 0.717) is 6.54 Å². The van der Waals surface area contributed by atoms with Crippen LogP contribution in [0.3, 0.4) is 0 Å². The fourth-order valence-corrected chi connectivity index (χ4v) is 1.87. The van der Waals surface area contributed by atoms with Crippen molar-refractivity contribution in [3.8, 4) is 0 Å². The molecule has 0 aromatic heterocycles. The van der Waals surface area contributed by atoms with Gasteiger partial charge in [-0.1, -0.05) is 28.1 Å². The zero-order valence-electron chi connectivity index (χ0n) is 7.83. The molecule has 0 saturated heterocycles. The number of halogens is 1. The molecule has 0 aromatic rings. The van der Waals surface area contributed by atoms with Crippen LogP contribution in [0.15, 0.2) is 34.5 Å². The molecule has 0 spiro atoms. The summed E-state index contributed by atoms with van der Waals surface area (Å²) in [6.07, 6.45) is 9.39. The lowest BCUT2D eigenvalue weighted by molar-refractivity contribution is 0.499. The average Bonchev–Trinajstić information content (AvgIpc) is 2.03. The Bertz CT molecular complexity index is 254. The Morgan fingerprint density at radius 3 is 3.08 bits per heavy atom. The highest BCUT2D eigenvalue weighted by Gasteiger charge is 2.03. The Kier molecular flexibility index (Phi) is 4.25. The predicted molar refractivity (Wildman–Crippen MR) is 60.5 cm³/mol. The molecule has 2 nitrogen and oxygen atoms in total. The second-order valence-corrected chi connectivity index (χ2v) is 4.13. The van der Waals surface area contributed by atoms with Gasteiger partial charge in [0.15, 0.2) is 0 Å². The topological polar surface area (TPSA) is 29.3 Å². The normalized spacial score (nSPS) is 17.6. The fraction of sp³-hybridized carbons (Fsp3) is 0.400. The second kappa shape index (κ2) is 5.25. The molecular formula is C10H15BrN2. The number of nitrogens with two attached hydrogens (primary N) is 1. The smallest absolute Gasteiger partial charge is 0.0486 e. The summed E-state index contributed by atoms with van der Waals surface area (Å²) in [5, 5.41) is 0. The van der Waals surface area contributed by atoms with Crippen molar-refractivity contribution in [3.05, 3.63) is 34.5 Å². The number of rotatable bonds is 3. The van der Waals surface area contributed by atoms with E-state index in [0.717, 1.165) is 13.0 Å². The maximum atomic E-state index is 5.39. The quantitative estimate of drug-likeness (QED) is 0.821. The molecule has 72 valence electrons. The van der Waals surface area contributed by atoms with Gasteiger partial charge in [-0.3, -0.25) is 0 Å². The molecule has 0 atom stereocenters. The molecular weight excluding hydrogens is 228 g/mol. The summed E-state index contributed by atoms with van der Waals surface area (Å²) >= 11 is 3.50. The summed E-state index contributed by atoms with van der Waals surface area (Å²) in [6.45, 7) is 1.67. The molecule has 3 heteroatoms. The summed E-state index contributed by atoms with van der Waals surface area (Å²) in [5.41, 5.74) is 6.61. The van der Waals surface area contributed by atoms with Crippen molar-refractivity contribution in [3.63, 3.8) is 0 Å². The van der Waals surface area contributed by atoms with Crippen LogP contribution in [-0.4, -0.2) is 25.0 Å². The molecule has 0 saturated carbocycles. The lowest BCUT2D eigenvalue weighted by Gasteiger charge is -2.18. The summed E-state index contributed by atoms with van der Waals surface area (Å²) < 4.78 is 1.21. The van der Waals surface area contributed by atoms with E-state index >= 15 is 0 Å². The predicted octanol–water partition coefficient (Wildman–Crippen LogP) is 2.00. The third kappa shape index (κ3) is 3.79. The van der Waals surface area contributed by atoms with Crippen molar-refractivity contribution in [2.75, 3.05) is 20.1 Å². The maximum Gasteiger partial charge on any atom is 0.0486 e. The molecule has 1 aliphatic rings. The van der Waals surface area contributed by atoms with Gasteiger partial charge in [0.05, 0.1) is 0 Å². The van der Waals surface area contributed by atoms with Crippen LogP contribution in [0.25, 0.3) is 0 Å². The first kappa shape index (κ1) is 10.5. The molecule has 1 rings (SSSR count). The van der Waals surface area contributed by atoms with E-state index in [4.69, 9.17) is 5.73 Å². The minimum absolute atomic E-state index is 0.713. The minimum atomic E-state index is 0.713. The van der Waals surface area contributed by atoms with Gasteiger partial charge in [0.2, 0.25) is 0 Å². The Labute approximate surface area is 87.9 Å². The largest absolute Gasteiger partial charge is 0.375 e. The third-order valence-electron chi connectivity index (χ3n) is 1.74. The van der Waals surface area contributed by atoms with Crippen molar-refractivity contribution in [1.82, 2.24) is 4.90 Å². The Morgan fingerprint density at radius 2 is 2.46 bits per heavy atom. The molecule has 0 bridgehead atoms. The first-order valence-corrected chi connectivity index (χ1v) is 5.16. The van der Waals surface area contributed by atoms with E-state index in [1.807, 2.05) is 0 Å². The first-order chi connectivity index (χ1) is 6.22. The van der Waals surface area contributed by atoms with Crippen LogP contribution >= 0.6 is 15.9 Å². The highest BCUT2D eigenvalue weighted by molar-refractivity contribution is 9.11. The van der Waals surface area contributed by atoms with Gasteiger partial charge in [0, 0.05) is 24.3 Å². The van der Waals surface area contributed by atoms with Crippen molar-refractivity contribution in [2.45, 2.75) is 6.42 Å². The number of hydrogen-bond acceptors (Lipinski definition) is 2. The zero-order chi connectivity index (χ0) is 9.68. The molecule has 0 amide bonds. The highest BCUT2D eigenvalue weighted by atomic mass is 79.9. The first-order valence-electron chi connectivity index (χ1n) is 4.37. The molecule has 13 heavy (non-hydrogen) atoms. The summed E-state index contributed by atoms with van der Waals surface area (Å²) in [7, 11) is 2.06. The number of likely N-dealkylation sites (N-methyl/N-ethyl adjacent to an activating group) is 1. The van der Waals surface area contributed by atoms with Crippen LogP contribution in [-0.2, 0) is 0 Å². The SMILES string of the molecule is CN1C=C(/C=C/CCN)C=C(Br)C1. The van der Waals surface area contributed by atoms with Gasteiger partial charge < -0.3 is 10.6 Å². The Balaban J connectivity index is 2.58. The second-order valence-electron chi connectivity index (χ2n) is 3.12. The number of allylic oxidation sites excluding steroid dienone is 3. The molecule has 0 aliphatic carbocycles. The van der Waals surface area contributed by atoms with Crippen LogP contribution in [0.5, 0.6) is 0 Å². The van der Waals surface area contributed by atoms with Crippen LogP contribution in [0, 0.1) is 0 Å². The number of hydrogen-bond donors (Lipinski definition) is 1. The van der Waals surface area contributed by atoms with Gasteiger partial charge in [-0.25, -0.2) is 0 Å². The lowest BCUT2D eigenvalue weighted by atomic mass is 10.2. The lowest BCUT2D eigenvalue weighted by Crippen LogP contribution is -2.16. The average molecular weight is 243 g/mol. The fourth-order valence-electron chi connectivity index (χ4n) is 1.21. The molecule has 0 unspecified atom stereocenters.